The van der Waals surface area contributed by atoms with Crippen LogP contribution >= 0.6 is 0 Å². The van der Waals surface area contributed by atoms with Crippen LogP contribution in [0, 0.1) is 26.6 Å². The van der Waals surface area contributed by atoms with Crippen LogP contribution in [0.3, 0.4) is 0 Å². The average molecular weight is 357 g/mol. The first-order valence-corrected chi connectivity index (χ1v) is 8.73. The van der Waals surface area contributed by atoms with Gasteiger partial charge in [-0.05, 0) is 50.5 Å². The highest BCUT2D eigenvalue weighted by Gasteiger charge is 2.26. The Hall–Kier alpha value is -2.54. The van der Waals surface area contributed by atoms with Gasteiger partial charge in [0.2, 0.25) is 5.82 Å². The third-order valence-electron chi connectivity index (χ3n) is 4.96. The number of rotatable bonds is 5. The maximum Gasteiger partial charge on any atom is 0.286 e. The predicted molar refractivity (Wildman–Crippen MR) is 98.6 cm³/mol. The maximum atomic E-state index is 13.2. The number of primary amides is 1. The largest absolute Gasteiger partial charge is 0.363 e. The van der Waals surface area contributed by atoms with Crippen molar-refractivity contribution in [2.45, 2.75) is 39.8 Å². The molecule has 0 saturated carbocycles. The van der Waals surface area contributed by atoms with Crippen molar-refractivity contribution in [1.82, 2.24) is 15.3 Å². The molecule has 1 fully saturated rings. The fourth-order valence-corrected chi connectivity index (χ4v) is 3.26. The molecule has 3 N–H and O–H groups in total. The highest BCUT2D eigenvalue weighted by Crippen LogP contribution is 2.24. The molecule has 1 aliphatic heterocycles. The quantitative estimate of drug-likeness (QED) is 0.855. The predicted octanol–water partition coefficient (Wildman–Crippen LogP) is 2.01. The van der Waals surface area contributed by atoms with Gasteiger partial charge in [-0.1, -0.05) is 6.07 Å². The normalized spacial score (nSPS) is 16.9. The van der Waals surface area contributed by atoms with E-state index in [1.54, 1.807) is 6.07 Å². The SMILES string of the molecule is Cc1cc(F)ccc1CN[C@@H]1CCN(c2nc(C(N)=O)nc(C)c2C)C1. The van der Waals surface area contributed by atoms with Crippen molar-refractivity contribution in [3.05, 3.63) is 52.2 Å². The summed E-state index contributed by atoms with van der Waals surface area (Å²) in [5.41, 5.74) is 9.11. The van der Waals surface area contributed by atoms with Gasteiger partial charge < -0.3 is 16.0 Å². The molecule has 138 valence electrons. The van der Waals surface area contributed by atoms with E-state index in [2.05, 4.69) is 20.2 Å². The van der Waals surface area contributed by atoms with Gasteiger partial charge in [-0.2, -0.15) is 0 Å². The van der Waals surface area contributed by atoms with Gasteiger partial charge in [-0.15, -0.1) is 0 Å². The number of halogens is 1. The number of carbonyl (C=O) groups excluding carboxylic acids is 1. The molecule has 1 aromatic heterocycles. The van der Waals surface area contributed by atoms with Crippen LogP contribution in [0.15, 0.2) is 18.2 Å². The zero-order chi connectivity index (χ0) is 18.8. The third kappa shape index (κ3) is 3.83. The Morgan fingerprint density at radius 1 is 1.35 bits per heavy atom. The smallest absolute Gasteiger partial charge is 0.286 e. The van der Waals surface area contributed by atoms with Gasteiger partial charge in [0.1, 0.15) is 11.6 Å². The van der Waals surface area contributed by atoms with Gasteiger partial charge in [0, 0.05) is 36.9 Å². The molecule has 1 aromatic carbocycles. The average Bonchev–Trinajstić information content (AvgIpc) is 3.05. The molecular weight excluding hydrogens is 333 g/mol. The van der Waals surface area contributed by atoms with Crippen LogP contribution in [-0.2, 0) is 6.54 Å². The summed E-state index contributed by atoms with van der Waals surface area (Å²) in [4.78, 5) is 22.1. The molecule has 26 heavy (non-hydrogen) atoms. The first-order valence-electron chi connectivity index (χ1n) is 8.73. The van der Waals surface area contributed by atoms with Crippen molar-refractivity contribution in [2.75, 3.05) is 18.0 Å². The first kappa shape index (κ1) is 18.3. The number of nitrogens with one attached hydrogen (secondary N) is 1. The second-order valence-electron chi connectivity index (χ2n) is 6.83. The van der Waals surface area contributed by atoms with Gasteiger partial charge in [-0.25, -0.2) is 14.4 Å². The monoisotopic (exact) mass is 357 g/mol. The van der Waals surface area contributed by atoms with Crippen LogP contribution in [0.2, 0.25) is 0 Å². The number of anilines is 1. The van der Waals surface area contributed by atoms with Crippen LogP contribution in [-0.4, -0.2) is 35.0 Å². The summed E-state index contributed by atoms with van der Waals surface area (Å²) >= 11 is 0. The Morgan fingerprint density at radius 3 is 2.81 bits per heavy atom. The number of nitrogens with two attached hydrogens (primary N) is 1. The number of nitrogens with zero attached hydrogens (tertiary/aromatic N) is 3. The van der Waals surface area contributed by atoms with E-state index in [0.29, 0.717) is 12.6 Å². The van der Waals surface area contributed by atoms with E-state index in [-0.39, 0.29) is 11.6 Å². The summed E-state index contributed by atoms with van der Waals surface area (Å²) in [5, 5.41) is 3.53. The van der Waals surface area contributed by atoms with Crippen LogP contribution < -0.4 is 16.0 Å². The number of hydrogen-bond donors (Lipinski definition) is 2. The summed E-state index contributed by atoms with van der Waals surface area (Å²) in [5.74, 6) is 0.00293. The van der Waals surface area contributed by atoms with Crippen LogP contribution in [0.1, 0.15) is 39.4 Å². The molecule has 6 nitrogen and oxygen atoms in total. The Morgan fingerprint density at radius 2 is 2.12 bits per heavy atom. The molecular formula is C19H24FN5O. The summed E-state index contributed by atoms with van der Waals surface area (Å²) < 4.78 is 13.2. The molecule has 0 unspecified atom stereocenters. The van der Waals surface area contributed by atoms with Gasteiger partial charge in [0.05, 0.1) is 0 Å². The van der Waals surface area contributed by atoms with E-state index in [0.717, 1.165) is 47.7 Å². The molecule has 1 amide bonds. The fraction of sp³-hybridized carbons (Fsp3) is 0.421. The Bertz CT molecular complexity index is 839. The van der Waals surface area contributed by atoms with Gasteiger partial charge in [0.15, 0.2) is 0 Å². The Labute approximate surface area is 152 Å². The van der Waals surface area contributed by atoms with Crippen LogP contribution in [0.25, 0.3) is 0 Å². The van der Waals surface area contributed by atoms with Crippen molar-refractivity contribution in [3.63, 3.8) is 0 Å². The molecule has 0 radical (unpaired) electrons. The fourth-order valence-electron chi connectivity index (χ4n) is 3.26. The third-order valence-corrected chi connectivity index (χ3v) is 4.96. The van der Waals surface area contributed by atoms with E-state index < -0.39 is 5.91 Å². The second-order valence-corrected chi connectivity index (χ2v) is 6.83. The standard InChI is InChI=1S/C19H24FN5O/c1-11-8-15(20)5-4-14(11)9-22-16-6-7-25(10-16)19-12(2)13(3)23-18(24-19)17(21)26/h4-5,8,16,22H,6-7,9-10H2,1-3H3,(H2,21,26)/t16-/m1/s1. The number of amides is 1. The lowest BCUT2D eigenvalue weighted by Crippen LogP contribution is -2.33. The molecule has 0 bridgehead atoms. The summed E-state index contributed by atoms with van der Waals surface area (Å²) in [7, 11) is 0. The van der Waals surface area contributed by atoms with Crippen molar-refractivity contribution in [3.8, 4) is 0 Å². The van der Waals surface area contributed by atoms with Crippen molar-refractivity contribution in [1.29, 1.82) is 0 Å². The highest BCUT2D eigenvalue weighted by molar-refractivity contribution is 5.89. The lowest BCUT2D eigenvalue weighted by molar-refractivity contribution is 0.0990. The Balaban J connectivity index is 1.68. The minimum atomic E-state index is -0.616. The molecule has 2 heterocycles. The van der Waals surface area contributed by atoms with Gasteiger partial charge in [-0.3, -0.25) is 4.79 Å². The minimum Gasteiger partial charge on any atom is -0.363 e. The number of aryl methyl sites for hydroxylation is 2. The molecule has 2 aromatic rings. The Kier molecular flexibility index (Phi) is 5.18. The summed E-state index contributed by atoms with van der Waals surface area (Å²) in [6.45, 7) is 8.05. The van der Waals surface area contributed by atoms with Crippen molar-refractivity contribution in [2.24, 2.45) is 5.73 Å². The van der Waals surface area contributed by atoms with Crippen molar-refractivity contribution < 1.29 is 9.18 Å². The van der Waals surface area contributed by atoms with E-state index in [4.69, 9.17) is 5.73 Å². The van der Waals surface area contributed by atoms with E-state index in [1.165, 1.54) is 6.07 Å². The zero-order valence-corrected chi connectivity index (χ0v) is 15.3. The molecule has 1 saturated heterocycles. The number of carbonyl (C=O) groups is 1. The van der Waals surface area contributed by atoms with Gasteiger partial charge in [0.25, 0.3) is 5.91 Å². The second kappa shape index (κ2) is 7.37. The number of aromatic nitrogens is 2. The van der Waals surface area contributed by atoms with Crippen molar-refractivity contribution >= 4 is 11.7 Å². The van der Waals surface area contributed by atoms with E-state index in [9.17, 15) is 9.18 Å². The number of hydrogen-bond acceptors (Lipinski definition) is 5. The lowest BCUT2D eigenvalue weighted by Gasteiger charge is -2.21. The molecule has 1 aliphatic rings. The van der Waals surface area contributed by atoms with Crippen LogP contribution in [0.4, 0.5) is 10.2 Å². The van der Waals surface area contributed by atoms with E-state index >= 15 is 0 Å². The summed E-state index contributed by atoms with van der Waals surface area (Å²) in [6, 6.07) is 5.16. The molecule has 0 spiro atoms. The summed E-state index contributed by atoms with van der Waals surface area (Å²) in [6.07, 6.45) is 0.967. The zero-order valence-electron chi connectivity index (χ0n) is 15.3. The lowest BCUT2D eigenvalue weighted by atomic mass is 10.1. The minimum absolute atomic E-state index is 0.0569. The van der Waals surface area contributed by atoms with E-state index in [1.807, 2.05) is 26.8 Å². The van der Waals surface area contributed by atoms with Gasteiger partial charge >= 0.3 is 0 Å². The highest BCUT2D eigenvalue weighted by atomic mass is 19.1. The molecule has 7 heteroatoms. The number of benzene rings is 1. The maximum absolute atomic E-state index is 13.2. The molecule has 3 rings (SSSR count). The molecule has 1 atom stereocenters. The first-order chi connectivity index (χ1) is 12.3. The molecule has 0 aliphatic carbocycles. The van der Waals surface area contributed by atoms with Crippen LogP contribution in [0.5, 0.6) is 0 Å². The topological polar surface area (TPSA) is 84.1 Å².